The zero-order chi connectivity index (χ0) is 18.0. The smallest absolute Gasteiger partial charge is 0.261 e. The van der Waals surface area contributed by atoms with Gasteiger partial charge in [0, 0.05) is 0 Å². The molecule has 0 aliphatic rings. The van der Waals surface area contributed by atoms with Crippen molar-refractivity contribution < 1.29 is 13.5 Å². The zero-order valence-electron chi connectivity index (χ0n) is 14.0. The number of hydrogen-bond donors (Lipinski definition) is 2. The van der Waals surface area contributed by atoms with E-state index in [9.17, 15) is 13.5 Å². The number of anilines is 1. The Hall–Kier alpha value is -2.79. The van der Waals surface area contributed by atoms with Crippen LogP contribution in [0.5, 0.6) is 5.75 Å². The molecule has 0 radical (unpaired) electrons. The van der Waals surface area contributed by atoms with Crippen molar-refractivity contribution in [1.82, 2.24) is 0 Å². The maximum atomic E-state index is 12.6. The van der Waals surface area contributed by atoms with Crippen molar-refractivity contribution in [3.05, 3.63) is 77.9 Å². The molecular weight excluding hydrogens is 334 g/mol. The first kappa shape index (κ1) is 17.0. The van der Waals surface area contributed by atoms with Gasteiger partial charge >= 0.3 is 0 Å². The summed E-state index contributed by atoms with van der Waals surface area (Å²) in [6, 6.07) is 19.6. The lowest BCUT2D eigenvalue weighted by Crippen LogP contribution is -2.14. The van der Waals surface area contributed by atoms with E-state index in [0.717, 1.165) is 11.1 Å². The van der Waals surface area contributed by atoms with Crippen LogP contribution in [0.25, 0.3) is 11.1 Å². The molecule has 3 aromatic rings. The highest BCUT2D eigenvalue weighted by Crippen LogP contribution is 2.28. The van der Waals surface area contributed by atoms with Gasteiger partial charge in [-0.25, -0.2) is 8.42 Å². The zero-order valence-corrected chi connectivity index (χ0v) is 14.8. The number of aromatic hydroxyl groups is 1. The highest BCUT2D eigenvalue weighted by atomic mass is 32.2. The molecule has 0 aromatic heterocycles. The van der Waals surface area contributed by atoms with E-state index < -0.39 is 10.0 Å². The topological polar surface area (TPSA) is 66.4 Å². The van der Waals surface area contributed by atoms with Crippen LogP contribution in [-0.2, 0) is 10.0 Å². The number of benzene rings is 3. The highest BCUT2D eigenvalue weighted by molar-refractivity contribution is 7.92. The van der Waals surface area contributed by atoms with Gasteiger partial charge in [-0.3, -0.25) is 4.72 Å². The van der Waals surface area contributed by atoms with Gasteiger partial charge in [0.05, 0.1) is 10.6 Å². The van der Waals surface area contributed by atoms with Crippen LogP contribution in [-0.4, -0.2) is 13.5 Å². The van der Waals surface area contributed by atoms with Crippen LogP contribution in [0.1, 0.15) is 11.1 Å². The van der Waals surface area contributed by atoms with E-state index >= 15 is 0 Å². The molecule has 0 unspecified atom stereocenters. The molecule has 2 N–H and O–H groups in total. The predicted octanol–water partition coefficient (Wildman–Crippen LogP) is 4.48. The van der Waals surface area contributed by atoms with E-state index in [-0.39, 0.29) is 10.6 Å². The third-order valence-electron chi connectivity index (χ3n) is 4.27. The van der Waals surface area contributed by atoms with E-state index in [0.29, 0.717) is 16.8 Å². The Labute approximate surface area is 147 Å². The Kier molecular flexibility index (Phi) is 4.51. The minimum absolute atomic E-state index is 0.146. The third kappa shape index (κ3) is 3.51. The minimum atomic E-state index is -3.70. The summed E-state index contributed by atoms with van der Waals surface area (Å²) in [5.41, 5.74) is 3.80. The van der Waals surface area contributed by atoms with E-state index in [1.54, 1.807) is 44.2 Å². The van der Waals surface area contributed by atoms with E-state index in [1.807, 2.05) is 30.3 Å². The molecule has 3 aromatic carbocycles. The van der Waals surface area contributed by atoms with E-state index in [4.69, 9.17) is 0 Å². The average molecular weight is 353 g/mol. The number of nitrogens with one attached hydrogen (secondary N) is 1. The molecule has 0 saturated heterocycles. The second kappa shape index (κ2) is 6.61. The first-order valence-corrected chi connectivity index (χ1v) is 9.34. The molecule has 4 nitrogen and oxygen atoms in total. The molecular formula is C20H19NO3S. The fraction of sp³-hybridized carbons (Fsp3) is 0.100. The minimum Gasteiger partial charge on any atom is -0.508 e. The first-order chi connectivity index (χ1) is 11.9. The average Bonchev–Trinajstić information content (AvgIpc) is 2.63. The highest BCUT2D eigenvalue weighted by Gasteiger charge is 2.16. The fourth-order valence-electron chi connectivity index (χ4n) is 2.58. The molecule has 0 fully saturated rings. The van der Waals surface area contributed by atoms with Crippen LogP contribution in [0, 0.1) is 13.8 Å². The normalized spacial score (nSPS) is 11.3. The molecule has 0 spiro atoms. The number of hydrogen-bond acceptors (Lipinski definition) is 3. The van der Waals surface area contributed by atoms with Gasteiger partial charge in [-0.1, -0.05) is 42.5 Å². The molecule has 0 saturated carbocycles. The summed E-state index contributed by atoms with van der Waals surface area (Å²) < 4.78 is 27.8. The maximum Gasteiger partial charge on any atom is 0.261 e. The van der Waals surface area contributed by atoms with E-state index in [2.05, 4.69) is 4.72 Å². The molecule has 0 heterocycles. The molecule has 0 aliphatic heterocycles. The van der Waals surface area contributed by atoms with Crippen LogP contribution >= 0.6 is 0 Å². The van der Waals surface area contributed by atoms with Gasteiger partial charge in [-0.15, -0.1) is 0 Å². The van der Waals surface area contributed by atoms with Crippen molar-refractivity contribution in [3.8, 4) is 16.9 Å². The van der Waals surface area contributed by atoms with Crippen molar-refractivity contribution >= 4 is 15.7 Å². The van der Waals surface area contributed by atoms with Gasteiger partial charge in [0.15, 0.2) is 0 Å². The number of sulfonamides is 1. The number of rotatable bonds is 4. The summed E-state index contributed by atoms with van der Waals surface area (Å²) in [6.07, 6.45) is 0. The second-order valence-corrected chi connectivity index (χ2v) is 7.56. The first-order valence-electron chi connectivity index (χ1n) is 7.86. The lowest BCUT2D eigenvalue weighted by Gasteiger charge is -2.13. The van der Waals surface area contributed by atoms with E-state index in [1.165, 1.54) is 6.07 Å². The Balaban J connectivity index is 1.89. The van der Waals surface area contributed by atoms with Crippen molar-refractivity contribution in [1.29, 1.82) is 0 Å². The largest absolute Gasteiger partial charge is 0.508 e. The molecule has 128 valence electrons. The molecule has 0 amide bonds. The Bertz CT molecular complexity index is 995. The summed E-state index contributed by atoms with van der Waals surface area (Å²) in [4.78, 5) is 0.192. The van der Waals surface area contributed by atoms with Gasteiger partial charge in [0.2, 0.25) is 0 Å². The molecule has 0 atom stereocenters. The molecule has 25 heavy (non-hydrogen) atoms. The molecule has 5 heteroatoms. The summed E-state index contributed by atoms with van der Waals surface area (Å²) >= 11 is 0. The van der Waals surface area contributed by atoms with Gasteiger partial charge in [-0.2, -0.15) is 0 Å². The van der Waals surface area contributed by atoms with Crippen LogP contribution in [0.2, 0.25) is 0 Å². The molecule has 0 bridgehead atoms. The summed E-state index contributed by atoms with van der Waals surface area (Å²) in [7, 11) is -3.70. The van der Waals surface area contributed by atoms with Crippen molar-refractivity contribution in [2.24, 2.45) is 0 Å². The van der Waals surface area contributed by atoms with Crippen LogP contribution in [0.15, 0.2) is 71.6 Å². The second-order valence-electron chi connectivity index (χ2n) is 5.88. The van der Waals surface area contributed by atoms with Crippen LogP contribution in [0.3, 0.4) is 0 Å². The number of phenols is 1. The monoisotopic (exact) mass is 353 g/mol. The van der Waals surface area contributed by atoms with Crippen LogP contribution in [0.4, 0.5) is 5.69 Å². The Morgan fingerprint density at radius 1 is 0.760 bits per heavy atom. The molecule has 0 aliphatic carbocycles. The van der Waals surface area contributed by atoms with Crippen LogP contribution < -0.4 is 4.72 Å². The Morgan fingerprint density at radius 2 is 1.36 bits per heavy atom. The van der Waals surface area contributed by atoms with Crippen molar-refractivity contribution in [2.75, 3.05) is 4.72 Å². The third-order valence-corrected chi connectivity index (χ3v) is 5.66. The Morgan fingerprint density at radius 3 is 2.00 bits per heavy atom. The van der Waals surface area contributed by atoms with Gasteiger partial charge in [0.25, 0.3) is 10.0 Å². The van der Waals surface area contributed by atoms with Crippen molar-refractivity contribution in [2.45, 2.75) is 18.7 Å². The lowest BCUT2D eigenvalue weighted by molar-refractivity contribution is 0.470. The SMILES string of the molecule is Cc1c(O)ccc(NS(=O)(=O)c2ccc(-c3ccccc3)cc2)c1C. The number of phenolic OH excluding ortho intramolecular Hbond substituents is 1. The summed E-state index contributed by atoms with van der Waals surface area (Å²) in [5, 5.41) is 9.70. The predicted molar refractivity (Wildman–Crippen MR) is 100 cm³/mol. The lowest BCUT2D eigenvalue weighted by atomic mass is 10.1. The summed E-state index contributed by atoms with van der Waals surface area (Å²) in [5.74, 6) is 0.146. The summed E-state index contributed by atoms with van der Waals surface area (Å²) in [6.45, 7) is 3.52. The quantitative estimate of drug-likeness (QED) is 0.680. The van der Waals surface area contributed by atoms with Gasteiger partial charge in [0.1, 0.15) is 5.75 Å². The van der Waals surface area contributed by atoms with Gasteiger partial charge in [-0.05, 0) is 60.4 Å². The maximum absolute atomic E-state index is 12.6. The standard InChI is InChI=1S/C20H19NO3S/c1-14-15(2)20(22)13-12-19(14)21-25(23,24)18-10-8-17(9-11-18)16-6-4-3-5-7-16/h3-13,21-22H,1-2H3. The van der Waals surface area contributed by atoms with Gasteiger partial charge < -0.3 is 5.11 Å². The fourth-order valence-corrected chi connectivity index (χ4v) is 3.70. The molecule has 3 rings (SSSR count). The van der Waals surface area contributed by atoms with Crippen molar-refractivity contribution in [3.63, 3.8) is 0 Å².